The quantitative estimate of drug-likeness (QED) is 0.137. The van der Waals surface area contributed by atoms with Crippen LogP contribution in [0.3, 0.4) is 0 Å². The van der Waals surface area contributed by atoms with Crippen LogP contribution >= 0.6 is 0 Å². The van der Waals surface area contributed by atoms with Gasteiger partial charge in [-0.05, 0) is 92.8 Å². The number of carbonyl (C=O) groups is 2. The van der Waals surface area contributed by atoms with Gasteiger partial charge in [-0.25, -0.2) is 0 Å². The van der Waals surface area contributed by atoms with Crippen LogP contribution in [-0.2, 0) is 42.7 Å². The van der Waals surface area contributed by atoms with Gasteiger partial charge in [0.25, 0.3) is 0 Å². The molecule has 14 nitrogen and oxygen atoms in total. The van der Waals surface area contributed by atoms with Crippen molar-refractivity contribution in [1.29, 1.82) is 0 Å². The summed E-state index contributed by atoms with van der Waals surface area (Å²) >= 11 is 0. The fourth-order valence-electron chi connectivity index (χ4n) is 13.1. The van der Waals surface area contributed by atoms with E-state index in [1.165, 1.54) is 25.0 Å². The molecule has 2 aliphatic heterocycles. The lowest BCUT2D eigenvalue weighted by atomic mass is 9.38. The molecule has 19 atom stereocenters. The number of ether oxygens (including phenoxy) is 7. The molecule has 2 saturated heterocycles. The van der Waals surface area contributed by atoms with Crippen molar-refractivity contribution >= 4 is 11.9 Å². The van der Waals surface area contributed by atoms with Crippen molar-refractivity contribution in [1.82, 2.24) is 0 Å². The van der Waals surface area contributed by atoms with Crippen molar-refractivity contribution < 1.29 is 68.3 Å². The molecule has 3 saturated carbocycles. The van der Waals surface area contributed by atoms with Gasteiger partial charge in [0.1, 0.15) is 43.2 Å². The summed E-state index contributed by atoms with van der Waals surface area (Å²) in [6, 6.07) is 0. The van der Waals surface area contributed by atoms with Gasteiger partial charge in [0.2, 0.25) is 0 Å². The normalized spacial score (nSPS) is 46.5. The maximum absolute atomic E-state index is 12.1. The SMILES string of the molecule is CO[C@H]1C=C2[C@@H](CC[C@H](O[C@@H]3OC[C@@H](O)[C@H](O)[C@H]3O)C2(C)C)[C@]2(C)CC[C@]3(C)[C@@H]([C@H](C)CCC=C(C)C)[C@@H](O[C@@H]4O[C@H](COC(C)=O)[C@@H](OC(C)=O)[C@H](O)[C@H]4O)C[C@@]3(C)[C@H]12. The van der Waals surface area contributed by atoms with E-state index in [2.05, 4.69) is 67.5 Å². The second kappa shape index (κ2) is 17.9. The molecule has 0 aromatic heterocycles. The molecule has 0 unspecified atom stereocenters. The summed E-state index contributed by atoms with van der Waals surface area (Å²) in [6.07, 6.45) is -2.17. The van der Waals surface area contributed by atoms with Gasteiger partial charge in [0, 0.05) is 32.3 Å². The van der Waals surface area contributed by atoms with Gasteiger partial charge in [-0.2, -0.15) is 0 Å². The number of allylic oxidation sites excluding steroid dienone is 2. The van der Waals surface area contributed by atoms with E-state index in [1.54, 1.807) is 7.11 Å². The minimum Gasteiger partial charge on any atom is -0.463 e. The van der Waals surface area contributed by atoms with Gasteiger partial charge < -0.3 is 58.7 Å². The van der Waals surface area contributed by atoms with E-state index in [0.717, 1.165) is 32.1 Å². The van der Waals surface area contributed by atoms with Crippen LogP contribution in [0, 0.1) is 45.3 Å². The van der Waals surface area contributed by atoms with Crippen molar-refractivity contribution in [3.8, 4) is 0 Å². The topological polar surface area (TPSA) is 200 Å². The Balaban J connectivity index is 1.34. The van der Waals surface area contributed by atoms with Crippen LogP contribution < -0.4 is 0 Å². The van der Waals surface area contributed by atoms with E-state index >= 15 is 0 Å². The minimum absolute atomic E-state index is 0.0305. The van der Waals surface area contributed by atoms with Gasteiger partial charge in [0.05, 0.1) is 24.9 Å². The lowest BCUT2D eigenvalue weighted by molar-refractivity contribution is -0.317. The number of carbonyl (C=O) groups excluding carboxylic acids is 2. The van der Waals surface area contributed by atoms with Crippen LogP contribution in [0.15, 0.2) is 23.3 Å². The number of methoxy groups -OCH3 is 1. The molecule has 0 spiro atoms. The van der Waals surface area contributed by atoms with Crippen molar-refractivity contribution in [2.24, 2.45) is 45.3 Å². The average molecular weight is 851 g/mol. The Bertz CT molecular complexity index is 1610. The third-order valence-electron chi connectivity index (χ3n) is 16.3. The van der Waals surface area contributed by atoms with Crippen molar-refractivity contribution in [2.45, 2.75) is 188 Å². The molecule has 6 aliphatic rings. The second-order valence-corrected chi connectivity index (χ2v) is 20.5. The molecule has 5 fully saturated rings. The van der Waals surface area contributed by atoms with Gasteiger partial charge in [0.15, 0.2) is 18.7 Å². The average Bonchev–Trinajstić information content (AvgIpc) is 3.40. The molecular formula is C46H74O14. The zero-order valence-electron chi connectivity index (χ0n) is 37.7. The fraction of sp³-hybridized carbons (Fsp3) is 0.870. The largest absolute Gasteiger partial charge is 0.463 e. The molecule has 0 bridgehead atoms. The Hall–Kier alpha value is -1.98. The third kappa shape index (κ3) is 8.41. The van der Waals surface area contributed by atoms with Crippen LogP contribution in [0.1, 0.15) is 114 Å². The summed E-state index contributed by atoms with van der Waals surface area (Å²) < 4.78 is 42.7. The highest BCUT2D eigenvalue weighted by Gasteiger charge is 2.72. The number of hydrogen-bond acceptors (Lipinski definition) is 14. The number of esters is 2. The molecule has 0 radical (unpaired) electrons. The Morgan fingerprint density at radius 1 is 0.883 bits per heavy atom. The summed E-state index contributed by atoms with van der Waals surface area (Å²) in [5.41, 5.74) is 1.30. The molecule has 0 aromatic rings. The second-order valence-electron chi connectivity index (χ2n) is 20.5. The Morgan fingerprint density at radius 2 is 1.57 bits per heavy atom. The van der Waals surface area contributed by atoms with E-state index in [4.69, 9.17) is 33.2 Å². The van der Waals surface area contributed by atoms with Crippen LogP contribution in [-0.4, -0.2) is 131 Å². The summed E-state index contributed by atoms with van der Waals surface area (Å²) in [7, 11) is 1.78. The molecule has 342 valence electrons. The van der Waals surface area contributed by atoms with Crippen molar-refractivity contribution in [3.05, 3.63) is 23.3 Å². The first-order valence-corrected chi connectivity index (χ1v) is 22.2. The molecule has 60 heavy (non-hydrogen) atoms. The molecule has 0 aromatic carbocycles. The molecule has 2 heterocycles. The monoisotopic (exact) mass is 851 g/mol. The highest BCUT2D eigenvalue weighted by atomic mass is 16.7. The molecule has 0 amide bonds. The molecule has 14 heteroatoms. The molecule has 5 N–H and O–H groups in total. The van der Waals surface area contributed by atoms with Crippen molar-refractivity contribution in [2.75, 3.05) is 20.3 Å². The van der Waals surface area contributed by atoms with Gasteiger partial charge in [-0.3, -0.25) is 9.59 Å². The summed E-state index contributed by atoms with van der Waals surface area (Å²) in [5.74, 6) is -0.714. The standard InChI is InChI=1S/C46H74O14/c1-23(2)13-12-14-24(3)34-31(58-42-38(53)36(51)39(57-26(5)48)32(59-42)22-55-25(4)47)20-46(10)40-30(54-11)19-28-27(44(40,8)17-18-45(34,46)9)15-16-33(43(28,6)7)60-41-37(52)35(50)29(49)21-56-41/h13,19,24,27,29-42,49-53H,12,14-18,20-22H2,1-11H3/t24-,27-,29-,30+,31+,32-,33+,34+,35+,36-,37-,38-,39-,40-,41+,42-,44+,45-,46+/m1/s1. The number of aliphatic hydroxyl groups is 5. The molecular weight excluding hydrogens is 776 g/mol. The van der Waals surface area contributed by atoms with E-state index in [-0.39, 0.29) is 65.3 Å². The van der Waals surface area contributed by atoms with Crippen LogP contribution in [0.2, 0.25) is 0 Å². The lowest BCUT2D eigenvalue weighted by Gasteiger charge is -2.67. The van der Waals surface area contributed by atoms with Gasteiger partial charge in [-0.15, -0.1) is 0 Å². The van der Waals surface area contributed by atoms with E-state index < -0.39 is 78.8 Å². The molecule has 6 rings (SSSR count). The summed E-state index contributed by atoms with van der Waals surface area (Å²) in [4.78, 5) is 23.9. The third-order valence-corrected chi connectivity index (χ3v) is 16.3. The van der Waals surface area contributed by atoms with Crippen LogP contribution in [0.4, 0.5) is 0 Å². The number of rotatable bonds is 12. The zero-order valence-corrected chi connectivity index (χ0v) is 37.7. The van der Waals surface area contributed by atoms with Crippen molar-refractivity contribution in [3.63, 3.8) is 0 Å². The first-order valence-electron chi connectivity index (χ1n) is 22.2. The van der Waals surface area contributed by atoms with Gasteiger partial charge >= 0.3 is 11.9 Å². The van der Waals surface area contributed by atoms with E-state index in [0.29, 0.717) is 12.8 Å². The summed E-state index contributed by atoms with van der Waals surface area (Å²) in [5, 5.41) is 54.1. The smallest absolute Gasteiger partial charge is 0.303 e. The number of aliphatic hydroxyl groups excluding tert-OH is 5. The first kappa shape index (κ1) is 47.5. The Kier molecular flexibility index (Phi) is 14.2. The highest BCUT2D eigenvalue weighted by Crippen LogP contribution is 2.75. The molecule has 4 aliphatic carbocycles. The predicted octanol–water partition coefficient (Wildman–Crippen LogP) is 4.36. The van der Waals surface area contributed by atoms with Gasteiger partial charge in [-0.1, -0.05) is 64.8 Å². The number of fused-ring (bicyclic) bond motifs is 5. The fourth-order valence-corrected chi connectivity index (χ4v) is 13.1. The summed E-state index contributed by atoms with van der Waals surface area (Å²) in [6.45, 7) is 20.1. The predicted molar refractivity (Wildman–Crippen MR) is 219 cm³/mol. The maximum Gasteiger partial charge on any atom is 0.303 e. The highest BCUT2D eigenvalue weighted by molar-refractivity contribution is 5.66. The Morgan fingerprint density at radius 3 is 2.20 bits per heavy atom. The Labute approximate surface area is 356 Å². The first-order chi connectivity index (χ1) is 28.0. The van der Waals surface area contributed by atoms with Crippen LogP contribution in [0.25, 0.3) is 0 Å². The van der Waals surface area contributed by atoms with E-state index in [9.17, 15) is 35.1 Å². The van der Waals surface area contributed by atoms with Crippen LogP contribution in [0.5, 0.6) is 0 Å². The minimum atomic E-state index is -1.55. The number of hydrogen-bond donors (Lipinski definition) is 5. The van der Waals surface area contributed by atoms with E-state index in [1.807, 2.05) is 0 Å². The maximum atomic E-state index is 12.1. The zero-order chi connectivity index (χ0) is 44.3. The lowest BCUT2D eigenvalue weighted by Crippen LogP contribution is -2.63.